The van der Waals surface area contributed by atoms with Crippen LogP contribution in [0.3, 0.4) is 0 Å². The first-order chi connectivity index (χ1) is 9.08. The van der Waals surface area contributed by atoms with Gasteiger partial charge in [-0.2, -0.15) is 0 Å². The number of nitrogens with zero attached hydrogens (tertiary/aromatic N) is 1. The maximum atomic E-state index is 6.28. The molecular formula is C14H10Cl2N2S. The number of aryl methyl sites for hydroxylation is 1. The summed E-state index contributed by atoms with van der Waals surface area (Å²) < 4.78 is 2.50. The fraction of sp³-hybridized carbons (Fsp3) is 0.0714. The number of H-pyrrole nitrogens is 1. The highest BCUT2D eigenvalue weighted by Crippen LogP contribution is 2.28. The molecule has 3 rings (SSSR count). The summed E-state index contributed by atoms with van der Waals surface area (Å²) in [4.78, 5) is 3.15. The number of fused-ring (bicyclic) bond motifs is 1. The number of rotatable bonds is 1. The van der Waals surface area contributed by atoms with Crippen LogP contribution >= 0.6 is 35.4 Å². The van der Waals surface area contributed by atoms with Crippen LogP contribution in [0, 0.1) is 11.7 Å². The van der Waals surface area contributed by atoms with Gasteiger partial charge in [0.1, 0.15) is 0 Å². The van der Waals surface area contributed by atoms with Crippen molar-refractivity contribution in [1.82, 2.24) is 9.55 Å². The van der Waals surface area contributed by atoms with Crippen molar-refractivity contribution >= 4 is 46.5 Å². The van der Waals surface area contributed by atoms with E-state index in [4.69, 9.17) is 35.4 Å². The zero-order chi connectivity index (χ0) is 13.6. The van der Waals surface area contributed by atoms with Crippen LogP contribution < -0.4 is 0 Å². The van der Waals surface area contributed by atoms with Crippen LogP contribution in [0.25, 0.3) is 16.7 Å². The molecule has 0 atom stereocenters. The Bertz CT molecular complexity index is 833. The fourth-order valence-electron chi connectivity index (χ4n) is 2.08. The second kappa shape index (κ2) is 4.67. The van der Waals surface area contributed by atoms with Gasteiger partial charge in [-0.3, -0.25) is 4.57 Å². The first-order valence-corrected chi connectivity index (χ1v) is 6.90. The number of halogens is 2. The summed E-state index contributed by atoms with van der Waals surface area (Å²) in [7, 11) is 0. The molecule has 0 aliphatic heterocycles. The molecule has 0 saturated heterocycles. The van der Waals surface area contributed by atoms with Crippen LogP contribution in [-0.2, 0) is 0 Å². The summed E-state index contributed by atoms with van der Waals surface area (Å²) in [6, 6.07) is 11.5. The number of para-hydroxylation sites is 1. The second-order valence-corrected chi connectivity index (χ2v) is 5.54. The van der Waals surface area contributed by atoms with E-state index in [1.165, 1.54) is 0 Å². The van der Waals surface area contributed by atoms with Crippen LogP contribution in [0.2, 0.25) is 10.0 Å². The van der Waals surface area contributed by atoms with Crippen LogP contribution in [0.4, 0.5) is 0 Å². The van der Waals surface area contributed by atoms with Gasteiger partial charge >= 0.3 is 0 Å². The highest BCUT2D eigenvalue weighted by Gasteiger charge is 2.10. The highest BCUT2D eigenvalue weighted by molar-refractivity contribution is 7.71. The Morgan fingerprint density at radius 1 is 1.11 bits per heavy atom. The van der Waals surface area contributed by atoms with Gasteiger partial charge in [-0.1, -0.05) is 35.3 Å². The SMILES string of the molecule is Cc1ccc(-n2c(=S)[nH]c3cccc(Cl)c32)cc1Cl. The molecule has 96 valence electrons. The van der Waals surface area contributed by atoms with Gasteiger partial charge in [-0.05, 0) is 49.0 Å². The summed E-state index contributed by atoms with van der Waals surface area (Å²) in [6.07, 6.45) is 0. The van der Waals surface area contributed by atoms with Gasteiger partial charge in [0.2, 0.25) is 0 Å². The van der Waals surface area contributed by atoms with Gasteiger partial charge in [-0.25, -0.2) is 0 Å². The summed E-state index contributed by atoms with van der Waals surface area (Å²) in [5.41, 5.74) is 3.71. The van der Waals surface area contributed by atoms with Crippen molar-refractivity contribution in [3.8, 4) is 5.69 Å². The number of hydrogen-bond donors (Lipinski definition) is 1. The van der Waals surface area contributed by atoms with Crippen molar-refractivity contribution in [3.63, 3.8) is 0 Å². The molecule has 0 aliphatic rings. The third kappa shape index (κ3) is 2.08. The fourth-order valence-corrected chi connectivity index (χ4v) is 2.82. The molecular weight excluding hydrogens is 299 g/mol. The van der Waals surface area contributed by atoms with Gasteiger partial charge in [-0.15, -0.1) is 0 Å². The lowest BCUT2D eigenvalue weighted by atomic mass is 10.2. The molecule has 3 aromatic rings. The Morgan fingerprint density at radius 2 is 1.89 bits per heavy atom. The second-order valence-electron chi connectivity index (χ2n) is 4.34. The molecule has 2 aromatic carbocycles. The van der Waals surface area contributed by atoms with E-state index in [0.717, 1.165) is 22.3 Å². The van der Waals surface area contributed by atoms with E-state index in [-0.39, 0.29) is 0 Å². The predicted octanol–water partition coefficient (Wildman–Crippen LogP) is 5.30. The first kappa shape index (κ1) is 12.7. The van der Waals surface area contributed by atoms with Crippen molar-refractivity contribution in [3.05, 3.63) is 56.8 Å². The zero-order valence-electron chi connectivity index (χ0n) is 10.1. The molecule has 0 amide bonds. The number of benzene rings is 2. The summed E-state index contributed by atoms with van der Waals surface area (Å²) in [5, 5.41) is 1.36. The van der Waals surface area contributed by atoms with E-state index in [2.05, 4.69) is 4.98 Å². The molecule has 19 heavy (non-hydrogen) atoms. The lowest BCUT2D eigenvalue weighted by Crippen LogP contribution is -1.95. The van der Waals surface area contributed by atoms with E-state index >= 15 is 0 Å². The quantitative estimate of drug-likeness (QED) is 0.605. The smallest absolute Gasteiger partial charge is 0.182 e. The summed E-state index contributed by atoms with van der Waals surface area (Å²) >= 11 is 17.8. The maximum Gasteiger partial charge on any atom is 0.182 e. The van der Waals surface area contributed by atoms with E-state index in [0.29, 0.717) is 14.8 Å². The Labute approximate surface area is 125 Å². The van der Waals surface area contributed by atoms with Crippen LogP contribution in [0.5, 0.6) is 0 Å². The average Bonchev–Trinajstić information content (AvgIpc) is 2.70. The molecule has 0 fully saturated rings. The third-order valence-corrected chi connectivity index (χ3v) is 4.07. The normalized spacial score (nSPS) is 11.1. The molecule has 5 heteroatoms. The molecule has 0 saturated carbocycles. The maximum absolute atomic E-state index is 6.28. The van der Waals surface area contributed by atoms with Crippen molar-refractivity contribution in [2.45, 2.75) is 6.92 Å². The molecule has 0 radical (unpaired) electrons. The van der Waals surface area contributed by atoms with Crippen LogP contribution in [0.1, 0.15) is 5.56 Å². The number of hydrogen-bond acceptors (Lipinski definition) is 1. The van der Waals surface area contributed by atoms with Crippen molar-refractivity contribution in [2.24, 2.45) is 0 Å². The molecule has 0 bridgehead atoms. The van der Waals surface area contributed by atoms with Gasteiger partial charge in [0.15, 0.2) is 4.77 Å². The van der Waals surface area contributed by atoms with E-state index in [1.54, 1.807) is 0 Å². The Hall–Kier alpha value is -1.29. The van der Waals surface area contributed by atoms with Gasteiger partial charge in [0.05, 0.1) is 16.1 Å². The van der Waals surface area contributed by atoms with E-state index < -0.39 is 0 Å². The standard InChI is InChI=1S/C14H10Cl2N2S/c1-8-5-6-9(7-11(8)16)18-13-10(15)3-2-4-12(13)17-14(18)19/h2-7H,1H3,(H,17,19). The molecule has 2 nitrogen and oxygen atoms in total. The number of imidazole rings is 1. The largest absolute Gasteiger partial charge is 0.330 e. The Morgan fingerprint density at radius 3 is 2.63 bits per heavy atom. The van der Waals surface area contributed by atoms with Gasteiger partial charge in [0.25, 0.3) is 0 Å². The minimum Gasteiger partial charge on any atom is -0.330 e. The molecule has 0 aliphatic carbocycles. The van der Waals surface area contributed by atoms with Gasteiger partial charge < -0.3 is 4.98 Å². The number of aromatic amines is 1. The molecule has 0 unspecified atom stereocenters. The zero-order valence-corrected chi connectivity index (χ0v) is 12.4. The minimum atomic E-state index is 0.600. The lowest BCUT2D eigenvalue weighted by molar-refractivity contribution is 1.06. The Balaban J connectivity index is 2.39. The van der Waals surface area contributed by atoms with Crippen molar-refractivity contribution in [2.75, 3.05) is 0 Å². The van der Waals surface area contributed by atoms with Crippen LogP contribution in [-0.4, -0.2) is 9.55 Å². The minimum absolute atomic E-state index is 0.600. The molecule has 1 N–H and O–H groups in total. The Kier molecular flexibility index (Phi) is 3.13. The summed E-state index contributed by atoms with van der Waals surface area (Å²) in [6.45, 7) is 1.97. The highest BCUT2D eigenvalue weighted by atomic mass is 35.5. The lowest BCUT2D eigenvalue weighted by Gasteiger charge is -2.07. The topological polar surface area (TPSA) is 20.7 Å². The van der Waals surface area contributed by atoms with Crippen molar-refractivity contribution < 1.29 is 0 Å². The monoisotopic (exact) mass is 308 g/mol. The number of aromatic nitrogens is 2. The van der Waals surface area contributed by atoms with Gasteiger partial charge in [0, 0.05) is 10.7 Å². The molecule has 1 heterocycles. The first-order valence-electron chi connectivity index (χ1n) is 5.73. The van der Waals surface area contributed by atoms with E-state index in [9.17, 15) is 0 Å². The third-order valence-electron chi connectivity index (χ3n) is 3.07. The summed E-state index contributed by atoms with van der Waals surface area (Å²) in [5.74, 6) is 0. The molecule has 1 aromatic heterocycles. The average molecular weight is 309 g/mol. The number of nitrogens with one attached hydrogen (secondary N) is 1. The predicted molar refractivity (Wildman–Crippen MR) is 83.2 cm³/mol. The van der Waals surface area contributed by atoms with Crippen molar-refractivity contribution in [1.29, 1.82) is 0 Å². The molecule has 0 spiro atoms. The van der Waals surface area contributed by atoms with E-state index in [1.807, 2.05) is 47.9 Å². The van der Waals surface area contributed by atoms with Crippen LogP contribution in [0.15, 0.2) is 36.4 Å².